The van der Waals surface area contributed by atoms with E-state index in [1.54, 1.807) is 0 Å². The summed E-state index contributed by atoms with van der Waals surface area (Å²) in [7, 11) is 0. The molecule has 16 heavy (non-hydrogen) atoms. The molecule has 0 aromatic rings. The number of amidine groups is 1. The first-order valence-corrected chi connectivity index (χ1v) is 6.80. The summed E-state index contributed by atoms with van der Waals surface area (Å²) >= 11 is 0. The van der Waals surface area contributed by atoms with E-state index in [-0.39, 0.29) is 0 Å². The lowest BCUT2D eigenvalue weighted by atomic mass is 9.69. The SMILES string of the molecule is CC(C)(C)C1CCC(C(N)=NC2CC2)CC1. The molecule has 2 saturated carbocycles. The molecule has 0 unspecified atom stereocenters. The van der Waals surface area contributed by atoms with E-state index in [2.05, 4.69) is 25.8 Å². The fourth-order valence-electron chi connectivity index (χ4n) is 2.78. The fraction of sp³-hybridized carbons (Fsp3) is 0.929. The lowest BCUT2D eigenvalue weighted by Crippen LogP contribution is -2.32. The van der Waals surface area contributed by atoms with Gasteiger partial charge in [0.2, 0.25) is 0 Å². The van der Waals surface area contributed by atoms with Crippen LogP contribution >= 0.6 is 0 Å². The summed E-state index contributed by atoms with van der Waals surface area (Å²) in [6, 6.07) is 0.584. The van der Waals surface area contributed by atoms with Crippen LogP contribution in [0.1, 0.15) is 59.3 Å². The van der Waals surface area contributed by atoms with Gasteiger partial charge < -0.3 is 5.73 Å². The maximum absolute atomic E-state index is 6.09. The Morgan fingerprint density at radius 2 is 1.56 bits per heavy atom. The zero-order valence-electron chi connectivity index (χ0n) is 11.0. The number of rotatable bonds is 2. The van der Waals surface area contributed by atoms with Crippen LogP contribution in [0.3, 0.4) is 0 Å². The van der Waals surface area contributed by atoms with E-state index in [1.807, 2.05) is 0 Å². The summed E-state index contributed by atoms with van der Waals surface area (Å²) in [5.41, 5.74) is 6.56. The first-order chi connectivity index (χ1) is 7.47. The Labute approximate surface area is 99.7 Å². The average molecular weight is 222 g/mol. The third kappa shape index (κ3) is 2.99. The first-order valence-electron chi connectivity index (χ1n) is 6.80. The van der Waals surface area contributed by atoms with Crippen LogP contribution in [0.25, 0.3) is 0 Å². The second kappa shape index (κ2) is 4.38. The van der Waals surface area contributed by atoms with E-state index in [9.17, 15) is 0 Å². The van der Waals surface area contributed by atoms with Crippen LogP contribution < -0.4 is 5.73 Å². The lowest BCUT2D eigenvalue weighted by molar-refractivity contribution is 0.166. The molecule has 92 valence electrons. The van der Waals surface area contributed by atoms with E-state index >= 15 is 0 Å². The minimum atomic E-state index is 0.466. The summed E-state index contributed by atoms with van der Waals surface area (Å²) in [5, 5.41) is 0. The summed E-state index contributed by atoms with van der Waals surface area (Å²) in [6.45, 7) is 7.08. The number of hydrogen-bond acceptors (Lipinski definition) is 1. The zero-order chi connectivity index (χ0) is 11.8. The molecular formula is C14H26N2. The smallest absolute Gasteiger partial charge is 0.0971 e. The van der Waals surface area contributed by atoms with Crippen molar-refractivity contribution in [1.82, 2.24) is 0 Å². The van der Waals surface area contributed by atoms with Crippen molar-refractivity contribution in [1.29, 1.82) is 0 Å². The molecule has 2 heteroatoms. The Kier molecular flexibility index (Phi) is 3.27. The first kappa shape index (κ1) is 11.9. The number of nitrogens with zero attached hydrogens (tertiary/aromatic N) is 1. The summed E-state index contributed by atoms with van der Waals surface area (Å²) in [6.07, 6.45) is 7.69. The van der Waals surface area contributed by atoms with Gasteiger partial charge in [-0.15, -0.1) is 0 Å². The van der Waals surface area contributed by atoms with Gasteiger partial charge in [-0.3, -0.25) is 4.99 Å². The second-order valence-electron chi connectivity index (χ2n) is 6.70. The quantitative estimate of drug-likeness (QED) is 0.564. The molecule has 0 aliphatic heterocycles. The third-order valence-corrected chi connectivity index (χ3v) is 4.25. The molecule has 2 nitrogen and oxygen atoms in total. The van der Waals surface area contributed by atoms with E-state index < -0.39 is 0 Å². The van der Waals surface area contributed by atoms with Gasteiger partial charge in [0.25, 0.3) is 0 Å². The zero-order valence-corrected chi connectivity index (χ0v) is 11.0. The van der Waals surface area contributed by atoms with E-state index in [1.165, 1.54) is 38.5 Å². The minimum Gasteiger partial charge on any atom is -0.387 e. The highest BCUT2D eigenvalue weighted by Gasteiger charge is 2.31. The highest BCUT2D eigenvalue weighted by atomic mass is 14.9. The molecule has 0 heterocycles. The molecule has 0 atom stereocenters. The largest absolute Gasteiger partial charge is 0.387 e. The van der Waals surface area contributed by atoms with Crippen molar-refractivity contribution in [2.45, 2.75) is 65.3 Å². The Hall–Kier alpha value is -0.530. The molecule has 2 aliphatic carbocycles. The van der Waals surface area contributed by atoms with Gasteiger partial charge in [0.1, 0.15) is 0 Å². The maximum Gasteiger partial charge on any atom is 0.0971 e. The highest BCUT2D eigenvalue weighted by Crippen LogP contribution is 2.40. The number of hydrogen-bond donors (Lipinski definition) is 1. The van der Waals surface area contributed by atoms with Crippen molar-refractivity contribution >= 4 is 5.84 Å². The molecule has 0 amide bonds. The molecule has 2 rings (SSSR count). The van der Waals surface area contributed by atoms with Gasteiger partial charge >= 0.3 is 0 Å². The van der Waals surface area contributed by atoms with Crippen LogP contribution in [0.4, 0.5) is 0 Å². The van der Waals surface area contributed by atoms with Crippen LogP contribution in [0.2, 0.25) is 0 Å². The number of nitrogens with two attached hydrogens (primary N) is 1. The number of aliphatic imine (C=N–C) groups is 1. The Morgan fingerprint density at radius 3 is 2.00 bits per heavy atom. The maximum atomic E-state index is 6.09. The third-order valence-electron chi connectivity index (χ3n) is 4.25. The molecule has 2 N–H and O–H groups in total. The van der Waals surface area contributed by atoms with E-state index in [4.69, 9.17) is 5.73 Å². The van der Waals surface area contributed by atoms with Crippen molar-refractivity contribution in [3.8, 4) is 0 Å². The van der Waals surface area contributed by atoms with Gasteiger partial charge in [0.15, 0.2) is 0 Å². The summed E-state index contributed by atoms with van der Waals surface area (Å²) in [5.74, 6) is 2.41. The van der Waals surface area contributed by atoms with E-state index in [0.29, 0.717) is 17.4 Å². The van der Waals surface area contributed by atoms with Gasteiger partial charge in [0.05, 0.1) is 11.9 Å². The van der Waals surface area contributed by atoms with Crippen molar-refractivity contribution < 1.29 is 0 Å². The van der Waals surface area contributed by atoms with Crippen molar-refractivity contribution in [2.75, 3.05) is 0 Å². The topological polar surface area (TPSA) is 38.4 Å². The van der Waals surface area contributed by atoms with Gasteiger partial charge in [-0.05, 0) is 49.9 Å². The summed E-state index contributed by atoms with van der Waals surface area (Å²) in [4.78, 5) is 4.59. The van der Waals surface area contributed by atoms with Crippen LogP contribution in [-0.4, -0.2) is 11.9 Å². The van der Waals surface area contributed by atoms with E-state index in [0.717, 1.165) is 11.8 Å². The van der Waals surface area contributed by atoms with Crippen molar-refractivity contribution in [3.63, 3.8) is 0 Å². The van der Waals surface area contributed by atoms with Gasteiger partial charge in [-0.1, -0.05) is 20.8 Å². The predicted octanol–water partition coefficient (Wildman–Crippen LogP) is 3.36. The van der Waals surface area contributed by atoms with Gasteiger partial charge in [-0.2, -0.15) is 0 Å². The van der Waals surface area contributed by atoms with Crippen LogP contribution in [-0.2, 0) is 0 Å². The molecule has 0 aromatic carbocycles. The average Bonchev–Trinajstić information content (AvgIpc) is 3.00. The molecule has 0 radical (unpaired) electrons. The summed E-state index contributed by atoms with van der Waals surface area (Å²) < 4.78 is 0. The van der Waals surface area contributed by atoms with Crippen molar-refractivity contribution in [3.05, 3.63) is 0 Å². The van der Waals surface area contributed by atoms with Crippen LogP contribution in [0, 0.1) is 17.3 Å². The second-order valence-corrected chi connectivity index (χ2v) is 6.70. The minimum absolute atomic E-state index is 0.466. The monoisotopic (exact) mass is 222 g/mol. The van der Waals surface area contributed by atoms with Gasteiger partial charge in [-0.25, -0.2) is 0 Å². The highest BCUT2D eigenvalue weighted by molar-refractivity contribution is 5.83. The lowest BCUT2D eigenvalue weighted by Gasteiger charge is -2.36. The normalized spacial score (nSPS) is 32.8. The standard InChI is InChI=1S/C14H26N2/c1-14(2,3)11-6-4-10(5-7-11)13(15)16-12-8-9-12/h10-12H,4-9H2,1-3H3,(H2,15,16). The molecule has 0 saturated heterocycles. The van der Waals surface area contributed by atoms with Crippen molar-refractivity contribution in [2.24, 2.45) is 28.0 Å². The Bertz CT molecular complexity index is 263. The Morgan fingerprint density at radius 1 is 1.00 bits per heavy atom. The Balaban J connectivity index is 1.84. The molecule has 2 aliphatic rings. The predicted molar refractivity (Wildman–Crippen MR) is 69.5 cm³/mol. The molecular weight excluding hydrogens is 196 g/mol. The van der Waals surface area contributed by atoms with Gasteiger partial charge in [0, 0.05) is 5.92 Å². The molecule has 0 aromatic heterocycles. The van der Waals surface area contributed by atoms with Crippen LogP contribution in [0.15, 0.2) is 4.99 Å². The molecule has 0 spiro atoms. The fourth-order valence-corrected chi connectivity index (χ4v) is 2.78. The van der Waals surface area contributed by atoms with Crippen LogP contribution in [0.5, 0.6) is 0 Å². The molecule has 0 bridgehead atoms. The molecule has 2 fully saturated rings.